The summed E-state index contributed by atoms with van der Waals surface area (Å²) in [5.41, 5.74) is 11.7. The maximum absolute atomic E-state index is 13.0. The first-order valence-electron chi connectivity index (χ1n) is 41.2. The number of benzene rings is 8. The van der Waals surface area contributed by atoms with Crippen LogP contribution >= 0.6 is 55.1 Å². The molecule has 135 heavy (non-hydrogen) atoms. The normalized spacial score (nSPS) is 15.3. The number of nitro groups is 1. The zero-order valence-electron chi connectivity index (χ0n) is 74.6. The third-order valence-corrected chi connectivity index (χ3v) is 22.4. The zero-order chi connectivity index (χ0) is 97.8. The number of H-pyrrole nitrogens is 2. The fourth-order valence-electron chi connectivity index (χ4n) is 12.9. The number of aromatic nitrogens is 6. The van der Waals surface area contributed by atoms with Crippen LogP contribution in [-0.4, -0.2) is 279 Å². The van der Waals surface area contributed by atoms with Crippen molar-refractivity contribution in [2.24, 2.45) is 0 Å². The molecule has 9 heterocycles. The van der Waals surface area contributed by atoms with Crippen molar-refractivity contribution in [3.05, 3.63) is 187 Å². The van der Waals surface area contributed by atoms with Gasteiger partial charge in [-0.15, -0.1) is 0 Å². The number of esters is 1. The van der Waals surface area contributed by atoms with E-state index in [-0.39, 0.29) is 64.1 Å². The van der Waals surface area contributed by atoms with Crippen molar-refractivity contribution in [2.45, 2.75) is 30.1 Å². The summed E-state index contributed by atoms with van der Waals surface area (Å²) in [6.45, 7) is 12.8. The van der Waals surface area contributed by atoms with Crippen LogP contribution in [-0.2, 0) is 23.9 Å². The first-order valence-corrected chi connectivity index (χ1v) is 44.0. The quantitative estimate of drug-likeness (QED) is 0.00772. The third kappa shape index (κ3) is 29.5. The lowest BCUT2D eigenvalue weighted by atomic mass is 10.1. The summed E-state index contributed by atoms with van der Waals surface area (Å²) in [4.78, 5) is 117. The number of alkyl halides is 2. The number of aromatic amines is 2. The van der Waals surface area contributed by atoms with Crippen LogP contribution in [0.2, 0.25) is 5.28 Å². The van der Waals surface area contributed by atoms with Gasteiger partial charge in [-0.1, -0.05) is 80.4 Å². The van der Waals surface area contributed by atoms with Gasteiger partial charge in [0.05, 0.1) is 96.4 Å². The van der Waals surface area contributed by atoms with Gasteiger partial charge in [-0.25, -0.2) is 24.5 Å². The number of aromatic hydroxyl groups is 2. The first-order chi connectivity index (χ1) is 65.0. The van der Waals surface area contributed by atoms with Gasteiger partial charge >= 0.3 is 17.6 Å². The third-order valence-electron chi connectivity index (χ3n) is 19.7. The number of carboxylic acids is 1. The molecular weight excluding hydrogens is 1940 g/mol. The Hall–Kier alpha value is -14.1. The number of nitrogens with two attached hydrogens (primary N) is 2. The van der Waals surface area contributed by atoms with E-state index >= 15 is 0 Å². The van der Waals surface area contributed by atoms with Gasteiger partial charge in [-0.3, -0.25) is 39.1 Å². The monoisotopic (exact) mass is 2040 g/mol. The number of anilines is 3. The van der Waals surface area contributed by atoms with Crippen LogP contribution in [0.4, 0.5) is 23.3 Å². The summed E-state index contributed by atoms with van der Waals surface area (Å²) in [5, 5.41) is 48.3. The second kappa shape index (κ2) is 52.4. The Morgan fingerprint density at radius 3 is 1.33 bits per heavy atom. The summed E-state index contributed by atoms with van der Waals surface area (Å²) >= 11 is 17.3. The second-order valence-electron chi connectivity index (χ2n) is 28.3. The van der Waals surface area contributed by atoms with Gasteiger partial charge < -0.3 is 133 Å². The Bertz CT molecular complexity index is 5930. The molecule has 2 amide bonds. The Labute approximate surface area is 799 Å². The largest absolute Gasteiger partial charge is 0.504 e. The Kier molecular flexibility index (Phi) is 40.6. The number of nitrogens with zero attached hydrogens (tertiary/aromatic N) is 8. The number of hydrogen-bond donors (Lipinski definition) is 10. The number of ether oxygens (including phenoxy) is 15. The van der Waals surface area contributed by atoms with E-state index in [9.17, 15) is 43.7 Å². The number of fused-ring (bicyclic) bond motifs is 6. The topological polar surface area (TPSA) is 543 Å². The van der Waals surface area contributed by atoms with E-state index in [0.717, 1.165) is 64.5 Å². The molecule has 12 N–H and O–H groups in total. The molecule has 3 aromatic heterocycles. The number of nitrogens with one attached hydrogen (secondary N) is 5. The molecule has 0 aliphatic carbocycles. The molecule has 6 aliphatic rings. The van der Waals surface area contributed by atoms with Crippen LogP contribution in [0.25, 0.3) is 32.7 Å². The first kappa shape index (κ1) is 105. The minimum absolute atomic E-state index is 0.0194. The number of nitro benzene ring substituents is 1. The van der Waals surface area contributed by atoms with Gasteiger partial charge in [0, 0.05) is 119 Å². The van der Waals surface area contributed by atoms with Gasteiger partial charge in [-0.2, -0.15) is 4.98 Å². The molecule has 0 bridgehead atoms. The van der Waals surface area contributed by atoms with E-state index in [0.29, 0.717) is 164 Å². The smallest absolute Gasteiger partial charge is 0.342 e. The Morgan fingerprint density at radius 2 is 0.904 bits per heavy atom. The molecular formula is C89H101Br2Cl2N15O27. The maximum Gasteiger partial charge on any atom is 0.342 e. The van der Waals surface area contributed by atoms with Crippen LogP contribution in [0.3, 0.4) is 0 Å². The van der Waals surface area contributed by atoms with E-state index < -0.39 is 56.9 Å². The highest BCUT2D eigenvalue weighted by Gasteiger charge is 2.35. The lowest BCUT2D eigenvalue weighted by Gasteiger charge is -2.37. The van der Waals surface area contributed by atoms with Crippen molar-refractivity contribution in [3.63, 3.8) is 0 Å². The number of halogens is 4. The Balaban J connectivity index is 0.000000178. The molecule has 0 saturated carbocycles. The lowest BCUT2D eigenvalue weighted by molar-refractivity contribution is -0.385. The number of hydrogen-bond acceptors (Lipinski definition) is 36. The molecule has 11 aromatic rings. The molecule has 17 rings (SSSR count). The molecule has 3 saturated heterocycles. The number of phenols is 2. The molecule has 0 radical (unpaired) electrons. The summed E-state index contributed by atoms with van der Waals surface area (Å²) in [7, 11) is 11.8. The predicted octanol–water partition coefficient (Wildman–Crippen LogP) is 8.98. The number of methoxy groups -OCH3 is 8. The number of amides is 2. The average Bonchev–Trinajstić information content (AvgIpc) is 0.783. The van der Waals surface area contributed by atoms with Gasteiger partial charge in [0.2, 0.25) is 29.5 Å². The molecule has 6 aliphatic heterocycles. The van der Waals surface area contributed by atoms with Crippen molar-refractivity contribution >= 4 is 140 Å². The lowest BCUT2D eigenvalue weighted by Crippen LogP contribution is -2.54. The van der Waals surface area contributed by atoms with E-state index in [1.165, 1.54) is 46.6 Å². The number of para-hydroxylation sites is 8. The molecule has 4 unspecified atom stereocenters. The maximum atomic E-state index is 13.0. The van der Waals surface area contributed by atoms with Crippen LogP contribution in [0, 0.1) is 10.1 Å². The van der Waals surface area contributed by atoms with Gasteiger partial charge in [0.15, 0.2) is 92.0 Å². The second-order valence-corrected chi connectivity index (χ2v) is 30.8. The molecule has 8 aromatic carbocycles. The van der Waals surface area contributed by atoms with Crippen LogP contribution < -0.4 is 110 Å². The van der Waals surface area contributed by atoms with E-state index in [1.807, 2.05) is 64.4 Å². The number of aromatic carboxylic acids is 1. The minimum Gasteiger partial charge on any atom is -0.504 e. The van der Waals surface area contributed by atoms with Crippen LogP contribution in [0.5, 0.6) is 92.0 Å². The van der Waals surface area contributed by atoms with Crippen molar-refractivity contribution in [1.82, 2.24) is 55.7 Å². The predicted molar refractivity (Wildman–Crippen MR) is 507 cm³/mol. The van der Waals surface area contributed by atoms with E-state index in [1.54, 1.807) is 101 Å². The van der Waals surface area contributed by atoms with Crippen molar-refractivity contribution in [2.75, 3.05) is 184 Å². The fraction of sp³-hybridized carbons (Fsp3) is 0.337. The number of nitrogen functional groups attached to an aromatic ring is 2. The van der Waals surface area contributed by atoms with Crippen LogP contribution in [0.15, 0.2) is 155 Å². The van der Waals surface area contributed by atoms with Crippen molar-refractivity contribution in [3.8, 4) is 92.0 Å². The SMILES string of the molecule is C1CNCCN1.CCOC(=O)C(Br)CBr.COc1cc(C(=O)O)c([N+](=O)[O-])cc1OC.COc1cc2[nH]c(=O)[nH]c(=O)c2cc1OC.COc1cc2nc(Cl)nc(N)c2cc1OC.COc1cc2nc(N3CCN(C(=O)C4COc5ccccc5O4)CC3)nc(N)c2cc1OC.O=C(C1COc2ccccc2O1)N1CCNCC1.O=C(Cl)C1COc2ccccc2O1.Oc1ccccc1O. The summed E-state index contributed by atoms with van der Waals surface area (Å²) < 4.78 is 78.9. The number of carbonyl (C=O) groups is 5. The van der Waals surface area contributed by atoms with Gasteiger partial charge in [0.25, 0.3) is 28.3 Å². The minimum atomic E-state index is -1.40. The van der Waals surface area contributed by atoms with Gasteiger partial charge in [-0.05, 0) is 96.9 Å². The molecule has 42 nitrogen and oxygen atoms in total. The highest BCUT2D eigenvalue weighted by atomic mass is 79.9. The van der Waals surface area contributed by atoms with E-state index in [2.05, 4.69) is 82.5 Å². The standard InChI is InChI=1S/C23H25N5O5.C13H16N2O3.C10H10ClN3O2.C10H10N2O4.C9H7ClO3.C9H9NO6.C6H6O2.C5H8Br2O2.C4H10N2/c1-30-18-11-14-15(12-19(18)31-2)25-23(26-21(14)24)28-9-7-27(8-10-28)22(29)20-13-32-16-5-3-4-6-17(16)33-20;16-13(15-7-5-14-6-8-15)12-9-17-10-3-1-2-4-11(10)18-12;1-15-7-3-5-6(4-8(7)16-2)13-10(11)14-9(5)12;1-15-7-3-5-6(4-8(7)16-2)11-10(14)12-9(5)13;10-9(11)8-5-12-6-3-1-2-4-7(6)13-8;1-15-7-3-5(9(11)12)6(10(13)14)4-8(7)16-2;7-5-3-1-2-4-6(5)8;1-2-9-5(8)4(7)3-6;1-2-6-4-3-5-1/h3-6,11-12,20H,7-10,13H2,1-2H3,(H2,24,25,26);1-4,12,14H,5-9H2;3-4H,1-2H3,(H2,12,13,14);3-4H,1-2H3,(H2,11,12,13,14);1-4,8H,5H2;3-4H,1-2H3,(H,11,12);1-4,7-8H;4H,2-3H2,1H3;5-6H,1-4H2. The molecule has 3 fully saturated rings. The summed E-state index contributed by atoms with van der Waals surface area (Å²) in [5.74, 6) is 6.61. The molecule has 0 spiro atoms. The average molecular weight is 2040 g/mol. The number of carbonyl (C=O) groups excluding carboxylic acids is 4. The summed E-state index contributed by atoms with van der Waals surface area (Å²) in [6, 6.07) is 40.2. The molecule has 4 atom stereocenters. The number of carboxylic acid groups (broad SMARTS) is 1. The molecule has 722 valence electrons. The van der Waals surface area contributed by atoms with Crippen LogP contribution in [0.1, 0.15) is 17.3 Å². The van der Waals surface area contributed by atoms with Crippen molar-refractivity contribution < 1.29 is 115 Å². The zero-order valence-corrected chi connectivity index (χ0v) is 79.3. The van der Waals surface area contributed by atoms with Crippen molar-refractivity contribution in [1.29, 1.82) is 0 Å². The van der Waals surface area contributed by atoms with E-state index in [4.69, 9.17) is 116 Å². The number of piperazine rings is 3. The Morgan fingerprint density at radius 1 is 0.519 bits per heavy atom. The highest BCUT2D eigenvalue weighted by Crippen LogP contribution is 2.40. The number of phenolic OH excluding ortho intramolecular Hbond substituents is 2. The van der Waals surface area contributed by atoms with Gasteiger partial charge in [0.1, 0.15) is 41.8 Å². The fourth-order valence-corrected chi connectivity index (χ4v) is 13.6. The molecule has 46 heteroatoms. The highest BCUT2D eigenvalue weighted by molar-refractivity contribution is 9.12. The number of rotatable bonds is 17. The summed E-state index contributed by atoms with van der Waals surface area (Å²) in [6.07, 6.45) is -1.85.